The van der Waals surface area contributed by atoms with Crippen molar-refractivity contribution in [1.82, 2.24) is 0 Å². The number of hydrogen-bond donors (Lipinski definition) is 1. The fraction of sp³-hybridized carbons (Fsp3) is 0.542. The Labute approximate surface area is 198 Å². The fourth-order valence-electron chi connectivity index (χ4n) is 3.15. The molecule has 1 saturated heterocycles. The second-order valence-electron chi connectivity index (χ2n) is 9.32. The third kappa shape index (κ3) is 6.41. The Morgan fingerprint density at radius 3 is 2.29 bits per heavy atom. The van der Waals surface area contributed by atoms with Crippen molar-refractivity contribution in [3.05, 3.63) is 35.9 Å². The number of aliphatic hydroxyl groups is 1. The Bertz CT molecular complexity index is 997. The zero-order chi connectivity index (χ0) is 25.8. The molecule has 1 aliphatic rings. The summed E-state index contributed by atoms with van der Waals surface area (Å²) in [5.74, 6) is 4.85. The van der Waals surface area contributed by atoms with Gasteiger partial charge in [0.15, 0.2) is 11.4 Å². The minimum Gasteiger partial charge on any atom is -0.459 e. The van der Waals surface area contributed by atoms with Crippen LogP contribution in [0.25, 0.3) is 0 Å². The van der Waals surface area contributed by atoms with E-state index in [1.165, 1.54) is 18.2 Å². The van der Waals surface area contributed by atoms with Gasteiger partial charge in [0.25, 0.3) is 5.60 Å². The van der Waals surface area contributed by atoms with Crippen LogP contribution in [-0.2, 0) is 29.3 Å². The molecule has 1 aromatic carbocycles. The molecule has 0 amide bonds. The highest BCUT2D eigenvalue weighted by molar-refractivity contribution is 6.83. The topological polar surface area (TPSA) is 74.2 Å². The molecule has 10 heteroatoms. The van der Waals surface area contributed by atoms with Gasteiger partial charge in [-0.2, -0.15) is 13.2 Å². The van der Waals surface area contributed by atoms with Crippen molar-refractivity contribution in [3.63, 3.8) is 0 Å². The SMILES string of the molecule is CO[C@@](C(=O)OCC(O)(C#CC#C[Si](C)(C)C)C1COC(C)(C)O1)(c1ccccc1)C(F)(F)F. The molecule has 6 nitrogen and oxygen atoms in total. The number of methoxy groups -OCH3 is 1. The molecule has 1 heterocycles. The first kappa shape index (κ1) is 27.9. The molecule has 1 aliphatic heterocycles. The molecule has 2 unspecified atom stereocenters. The number of benzene rings is 1. The first-order chi connectivity index (χ1) is 15.6. The number of carbonyl (C=O) groups excluding carboxylic acids is 1. The summed E-state index contributed by atoms with van der Waals surface area (Å²) >= 11 is 0. The minimum absolute atomic E-state index is 0.120. The minimum atomic E-state index is -5.15. The van der Waals surface area contributed by atoms with Gasteiger partial charge in [-0.1, -0.05) is 50.0 Å². The van der Waals surface area contributed by atoms with E-state index in [0.717, 1.165) is 19.2 Å². The number of halogens is 3. The van der Waals surface area contributed by atoms with Crippen LogP contribution in [0, 0.1) is 23.3 Å². The first-order valence-electron chi connectivity index (χ1n) is 10.5. The number of esters is 1. The first-order valence-corrected chi connectivity index (χ1v) is 14.0. The van der Waals surface area contributed by atoms with E-state index in [-0.39, 0.29) is 6.61 Å². The van der Waals surface area contributed by atoms with Crippen LogP contribution in [0.5, 0.6) is 0 Å². The third-order valence-electron chi connectivity index (χ3n) is 4.92. The largest absolute Gasteiger partial charge is 0.459 e. The van der Waals surface area contributed by atoms with Crippen LogP contribution < -0.4 is 0 Å². The Balaban J connectivity index is 2.40. The van der Waals surface area contributed by atoms with Gasteiger partial charge in [-0.25, -0.2) is 4.79 Å². The molecular formula is C24H29F3O6Si. The van der Waals surface area contributed by atoms with Gasteiger partial charge in [0.1, 0.15) is 20.8 Å². The summed E-state index contributed by atoms with van der Waals surface area (Å²) in [5.41, 5.74) is -3.05. The smallest absolute Gasteiger partial charge is 0.432 e. The van der Waals surface area contributed by atoms with E-state index in [1.807, 2.05) is 19.6 Å². The summed E-state index contributed by atoms with van der Waals surface area (Å²) < 4.78 is 63.2. The van der Waals surface area contributed by atoms with Crippen LogP contribution in [0.15, 0.2) is 30.3 Å². The van der Waals surface area contributed by atoms with E-state index >= 15 is 0 Å². The standard InChI is InChI=1S/C24H29F3O6Si/c1-21(2)32-16-19(33-21)22(29,14-10-11-15-34(4,5)6)17-31-20(28)23(30-3,24(25,26)27)18-12-8-7-9-13-18/h7-9,12-13,19,29H,16-17H2,1-6H3/t19?,22?,23-/m1/s1. The lowest BCUT2D eigenvalue weighted by Crippen LogP contribution is -2.54. The maximum absolute atomic E-state index is 14.1. The summed E-state index contributed by atoms with van der Waals surface area (Å²) in [4.78, 5) is 12.9. The predicted molar refractivity (Wildman–Crippen MR) is 121 cm³/mol. The molecule has 0 bridgehead atoms. The Hall–Kier alpha value is -2.34. The second kappa shape index (κ2) is 10.1. The lowest BCUT2D eigenvalue weighted by Gasteiger charge is -2.34. The highest BCUT2D eigenvalue weighted by Crippen LogP contribution is 2.43. The van der Waals surface area contributed by atoms with Crippen molar-refractivity contribution in [2.45, 2.75) is 62.8 Å². The Kier molecular flexibility index (Phi) is 8.29. The Morgan fingerprint density at radius 1 is 1.21 bits per heavy atom. The maximum atomic E-state index is 14.1. The van der Waals surface area contributed by atoms with Crippen molar-refractivity contribution < 1.29 is 42.0 Å². The molecule has 186 valence electrons. The van der Waals surface area contributed by atoms with Crippen LogP contribution in [0.3, 0.4) is 0 Å². The van der Waals surface area contributed by atoms with Gasteiger partial charge in [-0.15, -0.1) is 5.54 Å². The zero-order valence-electron chi connectivity index (χ0n) is 20.0. The highest BCUT2D eigenvalue weighted by atomic mass is 28.3. The molecule has 0 aliphatic carbocycles. The molecule has 1 fully saturated rings. The average molecular weight is 499 g/mol. The van der Waals surface area contributed by atoms with Gasteiger partial charge >= 0.3 is 12.1 Å². The molecule has 0 aromatic heterocycles. The number of rotatable bonds is 6. The normalized spacial score (nSPS) is 21.2. The van der Waals surface area contributed by atoms with Gasteiger partial charge < -0.3 is 24.1 Å². The lowest BCUT2D eigenvalue weighted by molar-refractivity contribution is -0.278. The second-order valence-corrected chi connectivity index (χ2v) is 14.1. The van der Waals surface area contributed by atoms with Gasteiger partial charge in [0.05, 0.1) is 6.61 Å². The molecule has 1 aromatic rings. The summed E-state index contributed by atoms with van der Waals surface area (Å²) in [7, 11) is -1.00. The van der Waals surface area contributed by atoms with Crippen LogP contribution in [0.1, 0.15) is 19.4 Å². The number of alkyl halides is 3. The quantitative estimate of drug-likeness (QED) is 0.368. The van der Waals surface area contributed by atoms with Crippen LogP contribution in [-0.4, -0.2) is 63.1 Å². The molecule has 3 atom stereocenters. The number of ether oxygens (including phenoxy) is 4. The fourth-order valence-corrected chi connectivity index (χ4v) is 3.59. The van der Waals surface area contributed by atoms with Crippen molar-refractivity contribution in [3.8, 4) is 23.3 Å². The van der Waals surface area contributed by atoms with Crippen molar-refractivity contribution in [1.29, 1.82) is 0 Å². The molecule has 0 saturated carbocycles. The van der Waals surface area contributed by atoms with Crippen LogP contribution in [0.2, 0.25) is 19.6 Å². The lowest BCUT2D eigenvalue weighted by atomic mass is 9.92. The molecular weight excluding hydrogens is 469 g/mol. The van der Waals surface area contributed by atoms with Crippen LogP contribution >= 0.6 is 0 Å². The van der Waals surface area contributed by atoms with E-state index in [1.54, 1.807) is 13.8 Å². The summed E-state index contributed by atoms with van der Waals surface area (Å²) in [6.07, 6.45) is -6.25. The number of carbonyl (C=O) groups is 1. The monoisotopic (exact) mass is 498 g/mol. The number of hydrogen-bond acceptors (Lipinski definition) is 6. The summed E-state index contributed by atoms with van der Waals surface area (Å²) in [5, 5.41) is 11.2. The molecule has 0 radical (unpaired) electrons. The molecule has 0 spiro atoms. The highest BCUT2D eigenvalue weighted by Gasteiger charge is 2.64. The summed E-state index contributed by atoms with van der Waals surface area (Å²) in [6.45, 7) is 8.15. The van der Waals surface area contributed by atoms with Gasteiger partial charge in [-0.3, -0.25) is 0 Å². The average Bonchev–Trinajstić information content (AvgIpc) is 3.10. The van der Waals surface area contributed by atoms with Crippen molar-refractivity contribution in [2.24, 2.45) is 0 Å². The van der Waals surface area contributed by atoms with E-state index < -0.39 is 55.5 Å². The van der Waals surface area contributed by atoms with E-state index in [9.17, 15) is 23.1 Å². The van der Waals surface area contributed by atoms with Gasteiger partial charge in [0, 0.05) is 12.7 Å². The Morgan fingerprint density at radius 2 is 1.82 bits per heavy atom. The predicted octanol–water partition coefficient (Wildman–Crippen LogP) is 3.40. The van der Waals surface area contributed by atoms with Crippen molar-refractivity contribution in [2.75, 3.05) is 20.3 Å². The third-order valence-corrected chi connectivity index (χ3v) is 5.79. The van der Waals surface area contributed by atoms with E-state index in [0.29, 0.717) is 0 Å². The van der Waals surface area contributed by atoms with Gasteiger partial charge in [-0.05, 0) is 31.6 Å². The van der Waals surface area contributed by atoms with E-state index in [4.69, 9.17) is 18.9 Å². The van der Waals surface area contributed by atoms with Crippen LogP contribution in [0.4, 0.5) is 13.2 Å². The molecule has 34 heavy (non-hydrogen) atoms. The maximum Gasteiger partial charge on any atom is 0.432 e. The van der Waals surface area contributed by atoms with E-state index in [2.05, 4.69) is 23.3 Å². The zero-order valence-corrected chi connectivity index (χ0v) is 21.0. The van der Waals surface area contributed by atoms with Crippen molar-refractivity contribution >= 4 is 14.0 Å². The molecule has 1 N–H and O–H groups in total. The van der Waals surface area contributed by atoms with Gasteiger partial charge in [0.2, 0.25) is 0 Å². The summed E-state index contributed by atoms with van der Waals surface area (Å²) in [6, 6.07) is 6.39. The molecule has 2 rings (SSSR count).